The molecule has 0 spiro atoms. The Bertz CT molecular complexity index is 947. The van der Waals surface area contributed by atoms with Gasteiger partial charge in [-0.15, -0.1) is 4.40 Å². The highest BCUT2D eigenvalue weighted by molar-refractivity contribution is 7.90. The number of carbonyl (C=O) groups excluding carboxylic acids is 1. The number of fused-ring (bicyclic) bond motifs is 1. The minimum Gasteiger partial charge on any atom is -0.355 e. The molecule has 1 aromatic carbocycles. The van der Waals surface area contributed by atoms with Crippen LogP contribution in [0.4, 0.5) is 0 Å². The van der Waals surface area contributed by atoms with Gasteiger partial charge in [0.25, 0.3) is 10.0 Å². The number of carbonyl (C=O) groups is 1. The predicted molar refractivity (Wildman–Crippen MR) is 115 cm³/mol. The number of hydrogen-bond donors (Lipinski definition) is 0. The summed E-state index contributed by atoms with van der Waals surface area (Å²) in [4.78, 5) is 20.3. The van der Waals surface area contributed by atoms with Gasteiger partial charge >= 0.3 is 0 Å². The normalized spacial score (nSPS) is 26.8. The van der Waals surface area contributed by atoms with Crippen molar-refractivity contribution < 1.29 is 13.2 Å². The fourth-order valence-electron chi connectivity index (χ4n) is 5.47. The zero-order valence-electron chi connectivity index (χ0n) is 17.4. The molecule has 0 aromatic heterocycles. The molecule has 5 rings (SSSR count). The van der Waals surface area contributed by atoms with Crippen molar-refractivity contribution in [2.24, 2.45) is 10.3 Å². The van der Waals surface area contributed by atoms with Crippen LogP contribution in [0.2, 0.25) is 0 Å². The Kier molecular flexibility index (Phi) is 5.31. The zero-order valence-corrected chi connectivity index (χ0v) is 18.2. The molecule has 0 bridgehead atoms. The number of rotatable bonds is 3. The molecule has 30 heavy (non-hydrogen) atoms. The number of likely N-dealkylation sites (tertiary alicyclic amines) is 3. The summed E-state index contributed by atoms with van der Waals surface area (Å²) in [5, 5.41) is 0. The lowest BCUT2D eigenvalue weighted by molar-refractivity contribution is -0.137. The third kappa shape index (κ3) is 3.64. The molecule has 1 amide bonds. The van der Waals surface area contributed by atoms with Gasteiger partial charge in [0.15, 0.2) is 5.84 Å². The van der Waals surface area contributed by atoms with Gasteiger partial charge in [-0.3, -0.25) is 4.79 Å². The van der Waals surface area contributed by atoms with Crippen LogP contribution >= 0.6 is 0 Å². The van der Waals surface area contributed by atoms with Gasteiger partial charge in [-0.25, -0.2) is 0 Å². The van der Waals surface area contributed by atoms with Crippen LogP contribution in [0.5, 0.6) is 0 Å². The lowest BCUT2D eigenvalue weighted by Gasteiger charge is -2.36. The first-order valence-corrected chi connectivity index (χ1v) is 12.7. The van der Waals surface area contributed by atoms with Crippen LogP contribution in [0, 0.1) is 5.92 Å². The van der Waals surface area contributed by atoms with Crippen LogP contribution in [-0.4, -0.2) is 80.2 Å². The SMILES string of the molecule is O=C(C1CCN(C2=NS(=O)(=O)c3ccccc32)CC1)N1CCCC1CN1CCCC1. The summed E-state index contributed by atoms with van der Waals surface area (Å²) in [6.45, 7) is 5.59. The number of nitrogens with zero attached hydrogens (tertiary/aromatic N) is 4. The van der Waals surface area contributed by atoms with E-state index in [2.05, 4.69) is 14.2 Å². The Balaban J connectivity index is 1.22. The van der Waals surface area contributed by atoms with E-state index in [1.54, 1.807) is 12.1 Å². The van der Waals surface area contributed by atoms with Gasteiger partial charge in [0.2, 0.25) is 5.91 Å². The van der Waals surface area contributed by atoms with E-state index in [-0.39, 0.29) is 5.92 Å². The summed E-state index contributed by atoms with van der Waals surface area (Å²) in [7, 11) is -3.60. The highest BCUT2D eigenvalue weighted by Crippen LogP contribution is 2.31. The number of amides is 1. The van der Waals surface area contributed by atoms with Crippen molar-refractivity contribution in [3.05, 3.63) is 29.8 Å². The molecule has 4 aliphatic heterocycles. The number of hydrogen-bond acceptors (Lipinski definition) is 5. The van der Waals surface area contributed by atoms with Crippen molar-refractivity contribution in [2.75, 3.05) is 39.3 Å². The fourth-order valence-corrected chi connectivity index (χ4v) is 6.70. The zero-order chi connectivity index (χ0) is 20.7. The second-order valence-electron chi connectivity index (χ2n) is 8.98. The van der Waals surface area contributed by atoms with Crippen molar-refractivity contribution in [1.82, 2.24) is 14.7 Å². The summed E-state index contributed by atoms with van der Waals surface area (Å²) < 4.78 is 28.7. The summed E-state index contributed by atoms with van der Waals surface area (Å²) in [6, 6.07) is 7.38. The molecule has 7 nitrogen and oxygen atoms in total. The molecule has 4 heterocycles. The Morgan fingerprint density at radius 1 is 0.967 bits per heavy atom. The lowest BCUT2D eigenvalue weighted by atomic mass is 9.94. The average molecular weight is 431 g/mol. The van der Waals surface area contributed by atoms with Crippen LogP contribution in [0.25, 0.3) is 0 Å². The smallest absolute Gasteiger partial charge is 0.285 e. The van der Waals surface area contributed by atoms with Crippen molar-refractivity contribution in [3.8, 4) is 0 Å². The number of piperidine rings is 1. The van der Waals surface area contributed by atoms with E-state index < -0.39 is 10.0 Å². The summed E-state index contributed by atoms with van der Waals surface area (Å²) in [6.07, 6.45) is 6.30. The summed E-state index contributed by atoms with van der Waals surface area (Å²) in [5.74, 6) is 0.886. The maximum absolute atomic E-state index is 13.3. The molecular weight excluding hydrogens is 400 g/mol. The van der Waals surface area contributed by atoms with Gasteiger partial charge in [-0.1, -0.05) is 12.1 Å². The Morgan fingerprint density at radius 2 is 1.70 bits per heavy atom. The largest absolute Gasteiger partial charge is 0.355 e. The van der Waals surface area contributed by atoms with E-state index >= 15 is 0 Å². The topological polar surface area (TPSA) is 73.3 Å². The van der Waals surface area contributed by atoms with Crippen molar-refractivity contribution in [3.63, 3.8) is 0 Å². The molecule has 0 saturated carbocycles. The van der Waals surface area contributed by atoms with Crippen LogP contribution in [0.15, 0.2) is 33.6 Å². The van der Waals surface area contributed by atoms with Crippen molar-refractivity contribution in [2.45, 2.75) is 49.5 Å². The number of sulfonamides is 1. The molecule has 3 saturated heterocycles. The third-order valence-electron chi connectivity index (χ3n) is 7.08. The Labute approximate surface area is 178 Å². The first-order valence-electron chi connectivity index (χ1n) is 11.2. The molecule has 0 N–H and O–H groups in total. The van der Waals surface area contributed by atoms with E-state index in [1.165, 1.54) is 25.9 Å². The van der Waals surface area contributed by atoms with Crippen LogP contribution in [0.1, 0.15) is 44.1 Å². The molecular formula is C22H30N4O3S. The van der Waals surface area contributed by atoms with E-state index in [1.807, 2.05) is 17.0 Å². The lowest BCUT2D eigenvalue weighted by Crippen LogP contribution is -2.48. The van der Waals surface area contributed by atoms with Gasteiger partial charge < -0.3 is 14.7 Å². The maximum atomic E-state index is 13.3. The van der Waals surface area contributed by atoms with E-state index in [0.717, 1.165) is 38.8 Å². The number of amidine groups is 1. The second kappa shape index (κ2) is 7.96. The first-order chi connectivity index (χ1) is 14.5. The molecule has 8 heteroatoms. The molecule has 1 aromatic rings. The van der Waals surface area contributed by atoms with Crippen LogP contribution < -0.4 is 0 Å². The second-order valence-corrected chi connectivity index (χ2v) is 10.6. The standard InChI is InChI=1S/C22H30N4O3S/c27-22(26-13-5-6-18(26)16-24-11-3-4-12-24)17-9-14-25(15-10-17)21-19-7-1-2-8-20(19)30(28,29)23-21/h1-2,7-8,17-18H,3-6,9-16H2. The van der Waals surface area contributed by atoms with Gasteiger partial charge in [-0.05, 0) is 63.7 Å². The Morgan fingerprint density at radius 3 is 2.47 bits per heavy atom. The predicted octanol–water partition coefficient (Wildman–Crippen LogP) is 1.93. The van der Waals surface area contributed by atoms with Crippen molar-refractivity contribution in [1.29, 1.82) is 0 Å². The summed E-state index contributed by atoms with van der Waals surface area (Å²) in [5.41, 5.74) is 0.687. The summed E-state index contributed by atoms with van der Waals surface area (Å²) >= 11 is 0. The molecule has 162 valence electrons. The minimum absolute atomic E-state index is 0.0364. The number of benzene rings is 1. The molecule has 0 radical (unpaired) electrons. The monoisotopic (exact) mass is 430 g/mol. The molecule has 4 aliphatic rings. The molecule has 0 aliphatic carbocycles. The van der Waals surface area contributed by atoms with Gasteiger partial charge in [0.1, 0.15) is 4.90 Å². The van der Waals surface area contributed by atoms with Gasteiger partial charge in [0, 0.05) is 43.7 Å². The minimum atomic E-state index is -3.60. The molecule has 1 atom stereocenters. The average Bonchev–Trinajstić information content (AvgIpc) is 3.49. The van der Waals surface area contributed by atoms with E-state index in [0.29, 0.717) is 41.3 Å². The Hall–Kier alpha value is -1.93. The quantitative estimate of drug-likeness (QED) is 0.733. The van der Waals surface area contributed by atoms with E-state index in [9.17, 15) is 13.2 Å². The van der Waals surface area contributed by atoms with E-state index in [4.69, 9.17) is 0 Å². The highest BCUT2D eigenvalue weighted by Gasteiger charge is 2.38. The fraction of sp³-hybridized carbons (Fsp3) is 0.636. The first kappa shape index (κ1) is 20.0. The van der Waals surface area contributed by atoms with Crippen molar-refractivity contribution >= 4 is 21.8 Å². The third-order valence-corrected chi connectivity index (χ3v) is 8.41. The van der Waals surface area contributed by atoms with Crippen LogP contribution in [0.3, 0.4) is 0 Å². The highest BCUT2D eigenvalue weighted by atomic mass is 32.2. The molecule has 3 fully saturated rings. The van der Waals surface area contributed by atoms with Gasteiger partial charge in [0.05, 0.1) is 0 Å². The van der Waals surface area contributed by atoms with Crippen LogP contribution in [-0.2, 0) is 14.8 Å². The molecule has 1 unspecified atom stereocenters. The maximum Gasteiger partial charge on any atom is 0.285 e. The van der Waals surface area contributed by atoms with Gasteiger partial charge in [-0.2, -0.15) is 8.42 Å².